The minimum atomic E-state index is -4.99. The SMILES string of the molecule is CC(C(=O)N[C@]1(c2ccccc2)CC[C@@H](N2CCC(Cc3ccccc3)(N(C)C)CC2)CC1)c1cc(C(F)(F)F)cc(C(F)(F)F)c1. The first-order chi connectivity index (χ1) is 22.1. The monoisotopic (exact) mass is 659 g/mol. The van der Waals surface area contributed by atoms with Crippen molar-refractivity contribution in [1.82, 2.24) is 15.1 Å². The van der Waals surface area contributed by atoms with E-state index in [-0.39, 0.29) is 17.2 Å². The molecule has 3 aromatic carbocycles. The highest BCUT2D eigenvalue weighted by molar-refractivity contribution is 5.84. The number of hydrogen-bond donors (Lipinski definition) is 1. The number of piperidine rings is 1. The van der Waals surface area contributed by atoms with Gasteiger partial charge in [-0.05, 0) is 101 Å². The molecule has 5 rings (SSSR count). The van der Waals surface area contributed by atoms with Crippen LogP contribution in [-0.4, -0.2) is 54.5 Å². The van der Waals surface area contributed by atoms with Crippen molar-refractivity contribution in [3.05, 3.63) is 107 Å². The number of carbonyl (C=O) groups is 1. The number of carbonyl (C=O) groups excluding carboxylic acids is 1. The maximum Gasteiger partial charge on any atom is 0.416 e. The van der Waals surface area contributed by atoms with Crippen molar-refractivity contribution in [1.29, 1.82) is 0 Å². The third kappa shape index (κ3) is 7.86. The molecular formula is C37H43F6N3O. The molecule has 0 spiro atoms. The fourth-order valence-corrected chi connectivity index (χ4v) is 7.49. The van der Waals surface area contributed by atoms with E-state index in [0.29, 0.717) is 31.0 Å². The van der Waals surface area contributed by atoms with Crippen LogP contribution < -0.4 is 5.32 Å². The fraction of sp³-hybridized carbons (Fsp3) is 0.486. The van der Waals surface area contributed by atoms with Gasteiger partial charge in [0.1, 0.15) is 0 Å². The highest BCUT2D eigenvalue weighted by atomic mass is 19.4. The lowest BCUT2D eigenvalue weighted by molar-refractivity contribution is -0.143. The summed E-state index contributed by atoms with van der Waals surface area (Å²) >= 11 is 0. The Hall–Kier alpha value is -3.37. The lowest BCUT2D eigenvalue weighted by Crippen LogP contribution is -2.57. The van der Waals surface area contributed by atoms with Gasteiger partial charge in [0.05, 0.1) is 22.6 Å². The summed E-state index contributed by atoms with van der Waals surface area (Å²) in [5, 5.41) is 3.12. The predicted octanol–water partition coefficient (Wildman–Crippen LogP) is 8.42. The van der Waals surface area contributed by atoms with Gasteiger partial charge in [0, 0.05) is 24.7 Å². The van der Waals surface area contributed by atoms with Gasteiger partial charge in [0.25, 0.3) is 0 Å². The van der Waals surface area contributed by atoms with Crippen molar-refractivity contribution in [3.63, 3.8) is 0 Å². The van der Waals surface area contributed by atoms with E-state index in [1.54, 1.807) is 0 Å². The van der Waals surface area contributed by atoms with Crippen LogP contribution in [0.3, 0.4) is 0 Å². The fourth-order valence-electron chi connectivity index (χ4n) is 7.49. The Labute approximate surface area is 273 Å². The van der Waals surface area contributed by atoms with Crippen molar-refractivity contribution in [3.8, 4) is 0 Å². The second kappa shape index (κ2) is 13.6. The third-order valence-electron chi connectivity index (χ3n) is 10.6. The molecule has 2 fully saturated rings. The van der Waals surface area contributed by atoms with E-state index in [2.05, 4.69) is 53.5 Å². The van der Waals surface area contributed by atoms with Gasteiger partial charge in [-0.15, -0.1) is 0 Å². The highest BCUT2D eigenvalue weighted by Gasteiger charge is 2.44. The van der Waals surface area contributed by atoms with Gasteiger partial charge in [-0.3, -0.25) is 4.79 Å². The van der Waals surface area contributed by atoms with Gasteiger partial charge >= 0.3 is 12.4 Å². The molecule has 1 heterocycles. The molecule has 1 saturated heterocycles. The molecule has 1 aliphatic carbocycles. The lowest BCUT2D eigenvalue weighted by atomic mass is 9.73. The minimum absolute atomic E-state index is 0.0693. The number of benzene rings is 3. The van der Waals surface area contributed by atoms with Crippen LogP contribution in [0, 0.1) is 0 Å². The van der Waals surface area contributed by atoms with Gasteiger partial charge in [0.2, 0.25) is 5.91 Å². The molecule has 47 heavy (non-hydrogen) atoms. The molecule has 1 aliphatic heterocycles. The van der Waals surface area contributed by atoms with Crippen LogP contribution in [0.25, 0.3) is 0 Å². The molecule has 4 nitrogen and oxygen atoms in total. The molecule has 2 aliphatic rings. The number of rotatable bonds is 8. The molecule has 1 saturated carbocycles. The zero-order valence-electron chi connectivity index (χ0n) is 27.1. The Morgan fingerprint density at radius 1 is 0.830 bits per heavy atom. The first-order valence-electron chi connectivity index (χ1n) is 16.2. The number of alkyl halides is 6. The van der Waals surface area contributed by atoms with E-state index in [1.807, 2.05) is 36.4 Å². The van der Waals surface area contributed by atoms with Gasteiger partial charge in [-0.1, -0.05) is 60.7 Å². The first-order valence-corrected chi connectivity index (χ1v) is 16.2. The minimum Gasteiger partial charge on any atom is -0.346 e. The van der Waals surface area contributed by atoms with E-state index < -0.39 is 40.8 Å². The molecule has 0 bridgehead atoms. The molecule has 3 aromatic rings. The summed E-state index contributed by atoms with van der Waals surface area (Å²) < 4.78 is 81.3. The summed E-state index contributed by atoms with van der Waals surface area (Å²) in [6, 6.07) is 21.7. The van der Waals surface area contributed by atoms with Crippen molar-refractivity contribution in [2.45, 2.75) is 87.3 Å². The molecule has 254 valence electrons. The van der Waals surface area contributed by atoms with Crippen LogP contribution in [0.1, 0.15) is 79.2 Å². The van der Waals surface area contributed by atoms with Crippen LogP contribution in [-0.2, 0) is 29.1 Å². The topological polar surface area (TPSA) is 35.6 Å². The normalized spacial score (nSPS) is 23.0. The van der Waals surface area contributed by atoms with E-state index >= 15 is 0 Å². The number of nitrogens with one attached hydrogen (secondary N) is 1. The molecule has 1 amide bonds. The summed E-state index contributed by atoms with van der Waals surface area (Å²) in [5.41, 5.74) is -1.69. The average molecular weight is 660 g/mol. The van der Waals surface area contributed by atoms with Crippen LogP contribution >= 0.6 is 0 Å². The summed E-state index contributed by atoms with van der Waals surface area (Å²) in [6.07, 6.45) is -4.11. The molecule has 1 atom stereocenters. The number of nitrogens with zero attached hydrogens (tertiary/aromatic N) is 2. The van der Waals surface area contributed by atoms with Crippen LogP contribution in [0.4, 0.5) is 26.3 Å². The second-order valence-electron chi connectivity index (χ2n) is 13.5. The van der Waals surface area contributed by atoms with Gasteiger partial charge in [0.15, 0.2) is 0 Å². The first kappa shape index (κ1) is 35.0. The van der Waals surface area contributed by atoms with Crippen LogP contribution in [0.15, 0.2) is 78.9 Å². The van der Waals surface area contributed by atoms with E-state index in [4.69, 9.17) is 0 Å². The Kier molecular flexibility index (Phi) is 10.1. The Bertz CT molecular complexity index is 1460. The second-order valence-corrected chi connectivity index (χ2v) is 13.5. The number of likely N-dealkylation sites (tertiary alicyclic amines) is 1. The number of likely N-dealkylation sites (N-methyl/N-ethyl adjacent to an activating group) is 1. The smallest absolute Gasteiger partial charge is 0.346 e. The highest BCUT2D eigenvalue weighted by Crippen LogP contribution is 2.42. The van der Waals surface area contributed by atoms with Crippen molar-refractivity contribution in [2.24, 2.45) is 0 Å². The molecule has 1 N–H and O–H groups in total. The van der Waals surface area contributed by atoms with Crippen LogP contribution in [0.5, 0.6) is 0 Å². The summed E-state index contributed by atoms with van der Waals surface area (Å²) in [7, 11) is 4.31. The summed E-state index contributed by atoms with van der Waals surface area (Å²) in [4.78, 5) is 18.6. The standard InChI is InChI=1S/C37H43F6N3O/c1-26(28-22-30(36(38,39)40)24-31(23-28)37(41,42)43)33(47)44-35(29-12-8-5-9-13-29)16-14-32(15-17-35)46-20-18-34(19-21-46,45(2)3)25-27-10-6-4-7-11-27/h4-13,22-24,26,32H,14-21,25H2,1-3H3,(H,44,47)/t26?,32-,35-. The summed E-state index contributed by atoms with van der Waals surface area (Å²) in [5.74, 6) is -1.84. The van der Waals surface area contributed by atoms with Crippen molar-refractivity contribution < 1.29 is 31.1 Å². The van der Waals surface area contributed by atoms with Gasteiger partial charge in [-0.2, -0.15) is 26.3 Å². The summed E-state index contributed by atoms with van der Waals surface area (Å²) in [6.45, 7) is 3.26. The maximum atomic E-state index is 13.7. The molecular weight excluding hydrogens is 616 g/mol. The van der Waals surface area contributed by atoms with Crippen LogP contribution in [0.2, 0.25) is 0 Å². The third-order valence-corrected chi connectivity index (χ3v) is 10.6. The number of hydrogen-bond acceptors (Lipinski definition) is 3. The Morgan fingerprint density at radius 2 is 1.34 bits per heavy atom. The predicted molar refractivity (Wildman–Crippen MR) is 171 cm³/mol. The lowest BCUT2D eigenvalue weighted by Gasteiger charge is -2.50. The maximum absolute atomic E-state index is 13.7. The zero-order valence-corrected chi connectivity index (χ0v) is 27.1. The Morgan fingerprint density at radius 3 is 1.83 bits per heavy atom. The van der Waals surface area contributed by atoms with E-state index in [0.717, 1.165) is 50.8 Å². The largest absolute Gasteiger partial charge is 0.416 e. The quantitative estimate of drug-likeness (QED) is 0.247. The average Bonchev–Trinajstić information content (AvgIpc) is 3.05. The van der Waals surface area contributed by atoms with E-state index in [1.165, 1.54) is 12.5 Å². The van der Waals surface area contributed by atoms with Gasteiger partial charge < -0.3 is 15.1 Å². The van der Waals surface area contributed by atoms with Gasteiger partial charge in [-0.25, -0.2) is 0 Å². The molecule has 10 heteroatoms. The zero-order chi connectivity index (χ0) is 34.0. The molecule has 1 unspecified atom stereocenters. The van der Waals surface area contributed by atoms with Crippen molar-refractivity contribution in [2.75, 3.05) is 27.2 Å². The van der Waals surface area contributed by atoms with Crippen molar-refractivity contribution >= 4 is 5.91 Å². The number of amides is 1. The number of halogens is 6. The Balaban J connectivity index is 1.31. The molecule has 0 radical (unpaired) electrons. The molecule has 0 aromatic heterocycles. The van der Waals surface area contributed by atoms with E-state index in [9.17, 15) is 31.1 Å².